The first-order chi connectivity index (χ1) is 12.1. The summed E-state index contributed by atoms with van der Waals surface area (Å²) >= 11 is 0. The Morgan fingerprint density at radius 2 is 1.96 bits per heavy atom. The van der Waals surface area contributed by atoms with Crippen LogP contribution in [-0.2, 0) is 14.3 Å². The fourth-order valence-electron chi connectivity index (χ4n) is 4.37. The third-order valence-electron chi connectivity index (χ3n) is 5.70. The average molecular weight is 343 g/mol. The van der Waals surface area contributed by atoms with E-state index in [9.17, 15) is 9.59 Å². The average Bonchev–Trinajstić information content (AvgIpc) is 3.03. The smallest absolute Gasteiger partial charge is 0.230 e. The van der Waals surface area contributed by atoms with Crippen molar-refractivity contribution in [2.45, 2.75) is 25.3 Å². The summed E-state index contributed by atoms with van der Waals surface area (Å²) in [4.78, 5) is 29.6. The van der Waals surface area contributed by atoms with Crippen LogP contribution in [0.5, 0.6) is 0 Å². The molecule has 2 saturated heterocycles. The molecule has 3 unspecified atom stereocenters. The van der Waals surface area contributed by atoms with Gasteiger partial charge in [-0.3, -0.25) is 14.5 Å². The van der Waals surface area contributed by atoms with Crippen LogP contribution >= 0.6 is 0 Å². The van der Waals surface area contributed by atoms with Gasteiger partial charge in [0.1, 0.15) is 0 Å². The Morgan fingerprint density at radius 3 is 2.76 bits per heavy atom. The first-order valence-electron chi connectivity index (χ1n) is 9.13. The number of carbonyl (C=O) groups excluding carboxylic acids is 2. The Kier molecular flexibility index (Phi) is 4.48. The van der Waals surface area contributed by atoms with Gasteiger partial charge in [-0.1, -0.05) is 25.1 Å². The van der Waals surface area contributed by atoms with Crippen molar-refractivity contribution in [1.29, 1.82) is 0 Å². The molecular weight excluding hydrogens is 318 g/mol. The maximum atomic E-state index is 13.2. The summed E-state index contributed by atoms with van der Waals surface area (Å²) in [6.07, 6.45) is 0.239. The second kappa shape index (κ2) is 6.77. The number of nitrogens with one attached hydrogen (secondary N) is 1. The maximum absolute atomic E-state index is 13.2. The van der Waals surface area contributed by atoms with Gasteiger partial charge in [-0.25, -0.2) is 0 Å². The van der Waals surface area contributed by atoms with Crippen LogP contribution in [0, 0.1) is 5.92 Å². The highest BCUT2D eigenvalue weighted by atomic mass is 16.5. The lowest BCUT2D eigenvalue weighted by Gasteiger charge is -2.34. The lowest BCUT2D eigenvalue weighted by molar-refractivity contribution is -0.134. The van der Waals surface area contributed by atoms with Crippen LogP contribution < -0.4 is 5.32 Å². The molecule has 2 fully saturated rings. The minimum Gasteiger partial charge on any atom is -0.379 e. The van der Waals surface area contributed by atoms with Crippen LogP contribution in [0.15, 0.2) is 24.3 Å². The van der Waals surface area contributed by atoms with Gasteiger partial charge in [-0.2, -0.15) is 0 Å². The maximum Gasteiger partial charge on any atom is 0.230 e. The number of hydrogen-bond donors (Lipinski definition) is 1. The molecule has 134 valence electrons. The SMILES string of the molecule is CC1CN(C(=O)C2CC(=O)Nc3ccccc32)CC1N1CCOCC1. The van der Waals surface area contributed by atoms with Crippen LogP contribution in [0.1, 0.15) is 24.8 Å². The molecule has 6 heteroatoms. The van der Waals surface area contributed by atoms with Gasteiger partial charge in [0.2, 0.25) is 11.8 Å². The molecule has 1 aromatic carbocycles. The standard InChI is InChI=1S/C19H25N3O3/c1-13-11-22(12-17(13)21-6-8-25-9-7-21)19(24)15-10-18(23)20-16-5-3-2-4-14(15)16/h2-5,13,15,17H,6-12H2,1H3,(H,20,23). The first-order valence-corrected chi connectivity index (χ1v) is 9.13. The van der Waals surface area contributed by atoms with Crippen molar-refractivity contribution < 1.29 is 14.3 Å². The molecule has 0 aliphatic carbocycles. The third-order valence-corrected chi connectivity index (χ3v) is 5.70. The lowest BCUT2D eigenvalue weighted by atomic mass is 9.89. The molecular formula is C19H25N3O3. The van der Waals surface area contributed by atoms with E-state index in [2.05, 4.69) is 17.1 Å². The predicted molar refractivity (Wildman–Crippen MR) is 94.4 cm³/mol. The summed E-state index contributed by atoms with van der Waals surface area (Å²) < 4.78 is 5.45. The highest BCUT2D eigenvalue weighted by Gasteiger charge is 2.40. The van der Waals surface area contributed by atoms with Crippen LogP contribution in [0.2, 0.25) is 0 Å². The molecule has 3 aliphatic heterocycles. The molecule has 1 N–H and O–H groups in total. The van der Waals surface area contributed by atoms with E-state index in [4.69, 9.17) is 4.74 Å². The van der Waals surface area contributed by atoms with Crippen molar-refractivity contribution in [2.24, 2.45) is 5.92 Å². The summed E-state index contributed by atoms with van der Waals surface area (Å²) in [5.74, 6) is 0.0919. The van der Waals surface area contributed by atoms with Gasteiger partial charge in [-0.05, 0) is 17.5 Å². The molecule has 6 nitrogen and oxygen atoms in total. The van der Waals surface area contributed by atoms with Gasteiger partial charge in [0.25, 0.3) is 0 Å². The number of carbonyl (C=O) groups is 2. The second-order valence-corrected chi connectivity index (χ2v) is 7.33. The fraction of sp³-hybridized carbons (Fsp3) is 0.579. The molecule has 0 radical (unpaired) electrons. The van der Waals surface area contributed by atoms with E-state index in [0.29, 0.717) is 12.0 Å². The number of fused-ring (bicyclic) bond motifs is 1. The number of nitrogens with zero attached hydrogens (tertiary/aromatic N) is 2. The van der Waals surface area contributed by atoms with Crippen molar-refractivity contribution in [1.82, 2.24) is 9.80 Å². The van der Waals surface area contributed by atoms with E-state index in [0.717, 1.165) is 50.6 Å². The zero-order valence-electron chi connectivity index (χ0n) is 14.6. The molecule has 1 aromatic rings. The van der Waals surface area contributed by atoms with E-state index in [1.165, 1.54) is 0 Å². The molecule has 3 heterocycles. The number of anilines is 1. The molecule has 0 spiro atoms. The van der Waals surface area contributed by atoms with Gasteiger partial charge in [0, 0.05) is 44.3 Å². The molecule has 0 bridgehead atoms. The number of amides is 2. The number of morpholine rings is 1. The lowest BCUT2D eigenvalue weighted by Crippen LogP contribution is -2.47. The first kappa shape index (κ1) is 16.5. The number of ether oxygens (including phenoxy) is 1. The molecule has 3 aliphatic rings. The Bertz CT molecular complexity index is 672. The van der Waals surface area contributed by atoms with Gasteiger partial charge in [0.05, 0.1) is 19.1 Å². The highest BCUT2D eigenvalue weighted by Crippen LogP contribution is 2.35. The number of hydrogen-bond acceptors (Lipinski definition) is 4. The quantitative estimate of drug-likeness (QED) is 0.879. The van der Waals surface area contributed by atoms with Crippen LogP contribution in [-0.4, -0.2) is 67.0 Å². The number of para-hydroxylation sites is 1. The van der Waals surface area contributed by atoms with E-state index >= 15 is 0 Å². The van der Waals surface area contributed by atoms with Crippen molar-refractivity contribution in [3.63, 3.8) is 0 Å². The van der Waals surface area contributed by atoms with E-state index < -0.39 is 0 Å². The molecule has 0 saturated carbocycles. The number of benzene rings is 1. The zero-order valence-corrected chi connectivity index (χ0v) is 14.6. The van der Waals surface area contributed by atoms with Crippen molar-refractivity contribution in [3.8, 4) is 0 Å². The van der Waals surface area contributed by atoms with E-state index in [1.807, 2.05) is 29.2 Å². The Labute approximate surface area is 148 Å². The number of likely N-dealkylation sites (tertiary alicyclic amines) is 1. The Hall–Kier alpha value is -1.92. The summed E-state index contributed by atoms with van der Waals surface area (Å²) in [5.41, 5.74) is 1.71. The van der Waals surface area contributed by atoms with Crippen LogP contribution in [0.3, 0.4) is 0 Å². The van der Waals surface area contributed by atoms with Crippen molar-refractivity contribution >= 4 is 17.5 Å². The van der Waals surface area contributed by atoms with Crippen LogP contribution in [0.25, 0.3) is 0 Å². The highest BCUT2D eigenvalue weighted by molar-refractivity contribution is 6.01. The third kappa shape index (κ3) is 3.16. The topological polar surface area (TPSA) is 61.9 Å². The Balaban J connectivity index is 1.51. The van der Waals surface area contributed by atoms with Gasteiger partial charge >= 0.3 is 0 Å². The molecule has 0 aromatic heterocycles. The summed E-state index contributed by atoms with van der Waals surface area (Å²) in [5, 5.41) is 2.87. The van der Waals surface area contributed by atoms with Crippen molar-refractivity contribution in [2.75, 3.05) is 44.7 Å². The summed E-state index contributed by atoms with van der Waals surface area (Å²) in [7, 11) is 0. The van der Waals surface area contributed by atoms with E-state index in [1.54, 1.807) is 0 Å². The summed E-state index contributed by atoms with van der Waals surface area (Å²) in [6.45, 7) is 7.15. The minimum atomic E-state index is -0.361. The largest absolute Gasteiger partial charge is 0.379 e. The molecule has 4 rings (SSSR count). The summed E-state index contributed by atoms with van der Waals surface area (Å²) in [6, 6.07) is 8.03. The normalized spacial score (nSPS) is 30.0. The van der Waals surface area contributed by atoms with Crippen molar-refractivity contribution in [3.05, 3.63) is 29.8 Å². The van der Waals surface area contributed by atoms with Gasteiger partial charge < -0.3 is 15.0 Å². The van der Waals surface area contributed by atoms with E-state index in [-0.39, 0.29) is 24.2 Å². The van der Waals surface area contributed by atoms with Gasteiger partial charge in [0.15, 0.2) is 0 Å². The molecule has 2 amide bonds. The monoisotopic (exact) mass is 343 g/mol. The number of rotatable bonds is 2. The van der Waals surface area contributed by atoms with Gasteiger partial charge in [-0.15, -0.1) is 0 Å². The molecule has 3 atom stereocenters. The second-order valence-electron chi connectivity index (χ2n) is 7.33. The Morgan fingerprint density at radius 1 is 1.20 bits per heavy atom. The predicted octanol–water partition coefficient (Wildman–Crippen LogP) is 1.29. The fourth-order valence-corrected chi connectivity index (χ4v) is 4.37. The molecule has 25 heavy (non-hydrogen) atoms. The zero-order chi connectivity index (χ0) is 17.4. The van der Waals surface area contributed by atoms with Crippen LogP contribution in [0.4, 0.5) is 5.69 Å². The minimum absolute atomic E-state index is 0.0750.